The Kier molecular flexibility index (Phi) is 4.89. The van der Waals surface area contributed by atoms with Crippen molar-refractivity contribution in [2.45, 2.75) is 18.9 Å². The number of urea groups is 1. The van der Waals surface area contributed by atoms with Crippen molar-refractivity contribution in [1.82, 2.24) is 10.2 Å². The minimum absolute atomic E-state index is 0.0464. The molecular weight excluding hydrogens is 356 g/mol. The summed E-state index contributed by atoms with van der Waals surface area (Å²) in [5, 5.41) is 4.93. The zero-order chi connectivity index (χ0) is 19.6. The fourth-order valence-corrected chi connectivity index (χ4v) is 3.04. The van der Waals surface area contributed by atoms with E-state index in [-0.39, 0.29) is 12.1 Å². The van der Waals surface area contributed by atoms with Crippen molar-refractivity contribution >= 4 is 23.5 Å². The van der Waals surface area contributed by atoms with Crippen LogP contribution in [-0.4, -0.2) is 29.3 Å². The van der Waals surface area contributed by atoms with E-state index in [2.05, 4.69) is 10.6 Å². The van der Waals surface area contributed by atoms with Crippen molar-refractivity contribution in [3.63, 3.8) is 0 Å². The molecule has 0 aliphatic carbocycles. The van der Waals surface area contributed by atoms with Gasteiger partial charge in [-0.2, -0.15) is 0 Å². The Morgan fingerprint density at radius 1 is 1.11 bits per heavy atom. The van der Waals surface area contributed by atoms with Crippen LogP contribution in [0.1, 0.15) is 18.9 Å². The van der Waals surface area contributed by atoms with Gasteiger partial charge < -0.3 is 10.6 Å². The third-order valence-electron chi connectivity index (χ3n) is 4.49. The maximum absolute atomic E-state index is 13.6. The molecule has 140 valence electrons. The highest BCUT2D eigenvalue weighted by atomic mass is 19.1. The first-order valence-electron chi connectivity index (χ1n) is 8.32. The molecule has 1 aliphatic heterocycles. The molecule has 2 aromatic carbocycles. The number of hydrogen-bond acceptors (Lipinski definition) is 3. The predicted molar refractivity (Wildman–Crippen MR) is 93.6 cm³/mol. The highest BCUT2D eigenvalue weighted by molar-refractivity contribution is 6.10. The van der Waals surface area contributed by atoms with Gasteiger partial charge in [0.25, 0.3) is 5.91 Å². The number of benzene rings is 2. The van der Waals surface area contributed by atoms with E-state index < -0.39 is 41.6 Å². The average molecular weight is 373 g/mol. The van der Waals surface area contributed by atoms with Gasteiger partial charge in [-0.05, 0) is 36.2 Å². The number of imide groups is 1. The number of anilines is 1. The number of carbonyl (C=O) groups excluding carboxylic acids is 3. The fourth-order valence-electron chi connectivity index (χ4n) is 3.04. The number of carbonyl (C=O) groups is 3. The van der Waals surface area contributed by atoms with Crippen LogP contribution < -0.4 is 10.6 Å². The maximum atomic E-state index is 13.6. The van der Waals surface area contributed by atoms with Gasteiger partial charge in [0.15, 0.2) is 0 Å². The number of para-hydroxylation sites is 1. The summed E-state index contributed by atoms with van der Waals surface area (Å²) in [5.41, 5.74) is -1.00. The van der Waals surface area contributed by atoms with Gasteiger partial charge in [-0.1, -0.05) is 31.2 Å². The SMILES string of the molecule is CCC1(c2ccc(F)cc2)NC(=O)N(CC(=O)Nc2ccccc2F)C1=O. The van der Waals surface area contributed by atoms with Crippen molar-refractivity contribution in [2.75, 3.05) is 11.9 Å². The van der Waals surface area contributed by atoms with E-state index in [1.807, 2.05) is 0 Å². The zero-order valence-electron chi connectivity index (χ0n) is 14.5. The van der Waals surface area contributed by atoms with Gasteiger partial charge in [-0.15, -0.1) is 0 Å². The number of hydrogen-bond donors (Lipinski definition) is 2. The first-order chi connectivity index (χ1) is 12.9. The Morgan fingerprint density at radius 3 is 2.41 bits per heavy atom. The van der Waals surface area contributed by atoms with Gasteiger partial charge in [0, 0.05) is 0 Å². The van der Waals surface area contributed by atoms with Gasteiger partial charge in [0.2, 0.25) is 5.91 Å². The molecule has 1 fully saturated rings. The van der Waals surface area contributed by atoms with Gasteiger partial charge in [-0.25, -0.2) is 13.6 Å². The summed E-state index contributed by atoms with van der Waals surface area (Å²) in [5.74, 6) is -2.43. The lowest BCUT2D eigenvalue weighted by Crippen LogP contribution is -2.44. The summed E-state index contributed by atoms with van der Waals surface area (Å²) < 4.78 is 26.8. The molecule has 1 atom stereocenters. The largest absolute Gasteiger partial charge is 0.325 e. The van der Waals surface area contributed by atoms with Crippen LogP contribution >= 0.6 is 0 Å². The lowest BCUT2D eigenvalue weighted by Gasteiger charge is -2.25. The quantitative estimate of drug-likeness (QED) is 0.791. The molecule has 2 aromatic rings. The third-order valence-corrected chi connectivity index (χ3v) is 4.49. The molecule has 0 spiro atoms. The first-order valence-corrected chi connectivity index (χ1v) is 8.32. The van der Waals surface area contributed by atoms with E-state index in [4.69, 9.17) is 0 Å². The van der Waals surface area contributed by atoms with Crippen LogP contribution in [-0.2, 0) is 15.1 Å². The molecule has 1 unspecified atom stereocenters. The predicted octanol–water partition coefficient (Wildman–Crippen LogP) is 2.76. The summed E-state index contributed by atoms with van der Waals surface area (Å²) in [7, 11) is 0. The molecule has 1 saturated heterocycles. The smallest absolute Gasteiger partial charge is 0.322 e. The van der Waals surface area contributed by atoms with E-state index in [0.717, 1.165) is 4.90 Å². The Balaban J connectivity index is 1.80. The van der Waals surface area contributed by atoms with Crippen LogP contribution in [0.25, 0.3) is 0 Å². The molecule has 2 N–H and O–H groups in total. The molecule has 3 rings (SSSR count). The van der Waals surface area contributed by atoms with Crippen molar-refractivity contribution < 1.29 is 23.2 Å². The molecule has 6 nitrogen and oxygen atoms in total. The molecule has 4 amide bonds. The second-order valence-corrected chi connectivity index (χ2v) is 6.12. The van der Waals surface area contributed by atoms with Crippen molar-refractivity contribution in [3.8, 4) is 0 Å². The van der Waals surface area contributed by atoms with Crippen LogP contribution in [0.4, 0.5) is 19.3 Å². The van der Waals surface area contributed by atoms with Crippen LogP contribution in [0.15, 0.2) is 48.5 Å². The molecule has 1 aliphatic rings. The van der Waals surface area contributed by atoms with Crippen LogP contribution in [0.2, 0.25) is 0 Å². The second-order valence-electron chi connectivity index (χ2n) is 6.12. The van der Waals surface area contributed by atoms with Crippen LogP contribution in [0.5, 0.6) is 0 Å². The maximum Gasteiger partial charge on any atom is 0.325 e. The van der Waals surface area contributed by atoms with Crippen LogP contribution in [0.3, 0.4) is 0 Å². The molecule has 27 heavy (non-hydrogen) atoms. The topological polar surface area (TPSA) is 78.5 Å². The molecule has 0 bridgehead atoms. The lowest BCUT2D eigenvalue weighted by atomic mass is 9.87. The highest BCUT2D eigenvalue weighted by Gasteiger charge is 2.51. The summed E-state index contributed by atoms with van der Waals surface area (Å²) in [6, 6.07) is 10.0. The van der Waals surface area contributed by atoms with E-state index in [1.165, 1.54) is 42.5 Å². The third kappa shape index (κ3) is 3.38. The molecular formula is C19H17F2N3O3. The van der Waals surface area contributed by atoms with Crippen molar-refractivity contribution in [1.29, 1.82) is 0 Å². The highest BCUT2D eigenvalue weighted by Crippen LogP contribution is 2.32. The van der Waals surface area contributed by atoms with E-state index >= 15 is 0 Å². The second kappa shape index (κ2) is 7.14. The van der Waals surface area contributed by atoms with E-state index in [9.17, 15) is 23.2 Å². The Labute approximate surface area is 154 Å². The number of nitrogens with one attached hydrogen (secondary N) is 2. The standard InChI is InChI=1S/C19H17F2N3O3/c1-2-19(12-7-9-13(20)10-8-12)17(26)24(18(27)23-19)11-16(25)22-15-6-4-3-5-14(15)21/h3-10H,2,11H2,1H3,(H,22,25)(H,23,27). The molecule has 0 saturated carbocycles. The van der Waals surface area contributed by atoms with Gasteiger partial charge in [-0.3, -0.25) is 14.5 Å². The lowest BCUT2D eigenvalue weighted by molar-refractivity contribution is -0.134. The van der Waals surface area contributed by atoms with Crippen molar-refractivity contribution in [3.05, 3.63) is 65.7 Å². The minimum Gasteiger partial charge on any atom is -0.322 e. The monoisotopic (exact) mass is 373 g/mol. The molecule has 0 aromatic heterocycles. The summed E-state index contributed by atoms with van der Waals surface area (Å²) in [6.07, 6.45) is 0.217. The number of halogens is 2. The van der Waals surface area contributed by atoms with Gasteiger partial charge >= 0.3 is 6.03 Å². The first kappa shape index (κ1) is 18.5. The van der Waals surface area contributed by atoms with Gasteiger partial charge in [0.05, 0.1) is 5.69 Å². The number of amides is 4. The Bertz CT molecular complexity index is 901. The minimum atomic E-state index is -1.37. The number of rotatable bonds is 5. The Hall–Kier alpha value is -3.29. The normalized spacial score (nSPS) is 19.1. The van der Waals surface area contributed by atoms with Crippen LogP contribution in [0, 0.1) is 11.6 Å². The van der Waals surface area contributed by atoms with Crippen molar-refractivity contribution in [2.24, 2.45) is 0 Å². The van der Waals surface area contributed by atoms with E-state index in [0.29, 0.717) is 5.56 Å². The Morgan fingerprint density at radius 2 is 1.78 bits per heavy atom. The van der Waals surface area contributed by atoms with Gasteiger partial charge in [0.1, 0.15) is 23.7 Å². The summed E-state index contributed by atoms with van der Waals surface area (Å²) >= 11 is 0. The summed E-state index contributed by atoms with van der Waals surface area (Å²) in [6.45, 7) is 1.13. The number of nitrogens with zero attached hydrogens (tertiary/aromatic N) is 1. The molecule has 1 heterocycles. The summed E-state index contributed by atoms with van der Waals surface area (Å²) in [4.78, 5) is 38.2. The fraction of sp³-hybridized carbons (Fsp3) is 0.211. The molecule has 8 heteroatoms. The van der Waals surface area contributed by atoms with E-state index in [1.54, 1.807) is 13.0 Å². The zero-order valence-corrected chi connectivity index (χ0v) is 14.5. The molecule has 0 radical (unpaired) electrons. The average Bonchev–Trinajstić information content (AvgIpc) is 2.89.